The minimum Gasteiger partial charge on any atom is -0.444 e. The topological polar surface area (TPSA) is 90.7 Å². The monoisotopic (exact) mass is 660 g/mol. The van der Waals surface area contributed by atoms with E-state index in [1.807, 2.05) is 64.0 Å². The van der Waals surface area contributed by atoms with Gasteiger partial charge in [-0.15, -0.1) is 0 Å². The van der Waals surface area contributed by atoms with Crippen molar-refractivity contribution in [2.24, 2.45) is 5.92 Å². The van der Waals surface area contributed by atoms with E-state index in [0.29, 0.717) is 38.3 Å². The second-order valence-electron chi connectivity index (χ2n) is 14.8. The number of imidazole rings is 1. The molecule has 7 rings (SSSR count). The number of ether oxygens (including phenoxy) is 1. The molecule has 0 N–H and O–H groups in total. The van der Waals surface area contributed by atoms with Crippen LogP contribution in [0.2, 0.25) is 0 Å². The number of piperazine rings is 1. The lowest BCUT2D eigenvalue weighted by atomic mass is 9.74. The fourth-order valence-electron chi connectivity index (χ4n) is 7.82. The van der Waals surface area contributed by atoms with Crippen LogP contribution in [0, 0.1) is 18.7 Å². The van der Waals surface area contributed by atoms with Crippen LogP contribution < -0.4 is 9.80 Å². The molecule has 258 valence electrons. The maximum Gasteiger partial charge on any atom is 0.411 e. The fourth-order valence-corrected chi connectivity index (χ4v) is 7.82. The van der Waals surface area contributed by atoms with Gasteiger partial charge in [0.2, 0.25) is 11.8 Å². The lowest BCUT2D eigenvalue weighted by Crippen LogP contribution is -2.65. The van der Waals surface area contributed by atoms with Crippen LogP contribution in [0.5, 0.6) is 0 Å². The van der Waals surface area contributed by atoms with E-state index < -0.39 is 17.5 Å². The highest BCUT2D eigenvalue weighted by atomic mass is 19.1. The number of amides is 3. The summed E-state index contributed by atoms with van der Waals surface area (Å²) >= 11 is 0. The normalized spacial score (nSPS) is 21.3. The number of rotatable bonds is 6. The van der Waals surface area contributed by atoms with Gasteiger partial charge in [0, 0.05) is 62.0 Å². The van der Waals surface area contributed by atoms with Crippen molar-refractivity contribution >= 4 is 34.8 Å². The molecular weight excluding hydrogens is 611 g/mol. The van der Waals surface area contributed by atoms with Gasteiger partial charge in [0.1, 0.15) is 23.3 Å². The summed E-state index contributed by atoms with van der Waals surface area (Å²) in [6.07, 6.45) is 7.53. The highest BCUT2D eigenvalue weighted by molar-refractivity contribution is 6.00. The fraction of sp³-hybridized carbons (Fsp3) is 0.568. The molecule has 5 heterocycles. The predicted octanol–water partition coefficient (Wildman–Crippen LogP) is 6.43. The summed E-state index contributed by atoms with van der Waals surface area (Å²) in [5.41, 5.74) is 3.31. The van der Waals surface area contributed by atoms with Gasteiger partial charge in [0.25, 0.3) is 0 Å². The lowest BCUT2D eigenvalue weighted by molar-refractivity contribution is -0.146. The molecule has 0 radical (unpaired) electrons. The third-order valence-electron chi connectivity index (χ3n) is 10.1. The van der Waals surface area contributed by atoms with Gasteiger partial charge < -0.3 is 23.8 Å². The zero-order valence-corrected chi connectivity index (χ0v) is 29.3. The minimum atomic E-state index is -0.631. The largest absolute Gasteiger partial charge is 0.444 e. The van der Waals surface area contributed by atoms with Gasteiger partial charge in [0.15, 0.2) is 0 Å². The molecule has 3 saturated heterocycles. The van der Waals surface area contributed by atoms with Gasteiger partial charge in [-0.25, -0.2) is 14.2 Å². The van der Waals surface area contributed by atoms with Gasteiger partial charge in [-0.3, -0.25) is 14.5 Å². The first-order valence-electron chi connectivity index (χ1n) is 17.4. The molecule has 0 unspecified atom stereocenters. The van der Waals surface area contributed by atoms with E-state index in [9.17, 15) is 18.8 Å². The highest BCUT2D eigenvalue weighted by Gasteiger charge is 2.50. The van der Waals surface area contributed by atoms with E-state index in [1.165, 1.54) is 12.1 Å². The number of fused-ring (bicyclic) bond motifs is 4. The van der Waals surface area contributed by atoms with Crippen LogP contribution in [0.1, 0.15) is 79.5 Å². The number of pyridine rings is 1. The summed E-state index contributed by atoms with van der Waals surface area (Å²) in [5.74, 6) is 0.493. The van der Waals surface area contributed by atoms with E-state index in [4.69, 9.17) is 4.74 Å². The molecule has 2 bridgehead atoms. The van der Waals surface area contributed by atoms with E-state index >= 15 is 0 Å². The Morgan fingerprint density at radius 2 is 1.71 bits per heavy atom. The molecule has 48 heavy (non-hydrogen) atoms. The zero-order chi connectivity index (χ0) is 34.5. The molecular formula is C37H49FN6O4. The van der Waals surface area contributed by atoms with Crippen LogP contribution in [0.3, 0.4) is 0 Å². The SMILES string of the molecule is CCC(=O)N(c1cc(F)ccc1-c1cc(N2CCN(C(=O)[C@H]3C4CCC(CC4)N3C(=O)OC(C)(C)C)CC2)cn2c(C)ncc12)C(C)C. The van der Waals surface area contributed by atoms with Crippen molar-refractivity contribution in [3.8, 4) is 11.1 Å². The molecule has 4 aliphatic rings. The summed E-state index contributed by atoms with van der Waals surface area (Å²) in [6, 6.07) is 6.10. The average molecular weight is 661 g/mol. The van der Waals surface area contributed by atoms with Crippen molar-refractivity contribution in [2.45, 2.75) is 104 Å². The van der Waals surface area contributed by atoms with Crippen LogP contribution in [0.15, 0.2) is 36.7 Å². The molecule has 2 aromatic heterocycles. The van der Waals surface area contributed by atoms with Crippen LogP contribution >= 0.6 is 0 Å². The van der Waals surface area contributed by atoms with Crippen molar-refractivity contribution in [1.82, 2.24) is 19.2 Å². The molecule has 3 amide bonds. The van der Waals surface area contributed by atoms with Crippen molar-refractivity contribution in [1.29, 1.82) is 0 Å². The Hall–Kier alpha value is -4.15. The van der Waals surface area contributed by atoms with E-state index in [2.05, 4.69) is 22.1 Å². The number of halogens is 1. The Morgan fingerprint density at radius 1 is 1.02 bits per heavy atom. The van der Waals surface area contributed by atoms with Crippen molar-refractivity contribution in [2.75, 3.05) is 36.0 Å². The maximum atomic E-state index is 14.7. The van der Waals surface area contributed by atoms with E-state index in [1.54, 1.807) is 15.9 Å². The van der Waals surface area contributed by atoms with Gasteiger partial charge in [-0.1, -0.05) is 6.92 Å². The average Bonchev–Trinajstić information content (AvgIpc) is 3.43. The molecule has 1 saturated carbocycles. The number of benzene rings is 1. The number of carbonyl (C=O) groups is 3. The van der Waals surface area contributed by atoms with E-state index in [-0.39, 0.29) is 35.9 Å². The van der Waals surface area contributed by atoms with Crippen molar-refractivity contribution < 1.29 is 23.5 Å². The first-order chi connectivity index (χ1) is 22.8. The molecule has 1 aromatic carbocycles. The summed E-state index contributed by atoms with van der Waals surface area (Å²) in [5, 5.41) is 0. The van der Waals surface area contributed by atoms with Gasteiger partial charge in [0.05, 0.1) is 23.1 Å². The molecule has 3 aromatic rings. The standard InChI is InChI=1S/C37H49FN6O4/c1-8-33(45)43(23(2)3)31-19-26(38)11-14-29(31)30-20-28(22-42-24(4)39-21-32(30)42)40-15-17-41(18-16-40)35(46)34-25-9-12-27(13-10-25)44(34)36(47)48-37(5,6)7/h11,14,19-23,25,27,34H,8-10,12-13,15-18H2,1-7H3/t25?,27?,34-/m1/s1. The first-order valence-corrected chi connectivity index (χ1v) is 17.4. The molecule has 1 atom stereocenters. The highest BCUT2D eigenvalue weighted by Crippen LogP contribution is 2.42. The number of hydrogen-bond donors (Lipinski definition) is 0. The van der Waals surface area contributed by atoms with Crippen LogP contribution in [0.4, 0.5) is 20.6 Å². The lowest BCUT2D eigenvalue weighted by Gasteiger charge is -2.51. The zero-order valence-electron chi connectivity index (χ0n) is 29.3. The molecule has 11 heteroatoms. The number of anilines is 2. The minimum absolute atomic E-state index is 0.0156. The third kappa shape index (κ3) is 6.35. The Morgan fingerprint density at radius 3 is 2.33 bits per heavy atom. The Labute approximate surface area is 282 Å². The predicted molar refractivity (Wildman–Crippen MR) is 185 cm³/mol. The number of piperidine rings is 2. The summed E-state index contributed by atoms with van der Waals surface area (Å²) in [6.45, 7) is 15.5. The maximum absolute atomic E-state index is 14.7. The Kier molecular flexibility index (Phi) is 9.17. The second-order valence-corrected chi connectivity index (χ2v) is 14.8. The van der Waals surface area contributed by atoms with Gasteiger partial charge in [-0.2, -0.15) is 0 Å². The van der Waals surface area contributed by atoms with Gasteiger partial charge in [-0.05, 0) is 97.4 Å². The number of aryl methyl sites for hydroxylation is 1. The van der Waals surface area contributed by atoms with Crippen molar-refractivity contribution in [3.63, 3.8) is 0 Å². The first kappa shape index (κ1) is 33.7. The number of nitrogens with zero attached hydrogens (tertiary/aromatic N) is 6. The van der Waals surface area contributed by atoms with E-state index in [0.717, 1.165) is 53.8 Å². The molecule has 0 spiro atoms. The molecule has 4 fully saturated rings. The third-order valence-corrected chi connectivity index (χ3v) is 10.1. The Balaban J connectivity index is 1.28. The quantitative estimate of drug-likeness (QED) is 0.303. The number of aromatic nitrogens is 2. The smallest absolute Gasteiger partial charge is 0.411 e. The Bertz CT molecular complexity index is 1700. The molecule has 10 nitrogen and oxygen atoms in total. The van der Waals surface area contributed by atoms with Crippen LogP contribution in [-0.4, -0.2) is 87.0 Å². The van der Waals surface area contributed by atoms with Crippen molar-refractivity contribution in [3.05, 3.63) is 48.3 Å². The number of hydrogen-bond acceptors (Lipinski definition) is 6. The summed E-state index contributed by atoms with van der Waals surface area (Å²) in [7, 11) is 0. The number of carbonyl (C=O) groups excluding carboxylic acids is 3. The van der Waals surface area contributed by atoms with Crippen LogP contribution in [-0.2, 0) is 14.3 Å². The van der Waals surface area contributed by atoms with Gasteiger partial charge >= 0.3 is 6.09 Å². The molecule has 3 aliphatic heterocycles. The molecule has 1 aliphatic carbocycles. The van der Waals surface area contributed by atoms with Crippen LogP contribution in [0.25, 0.3) is 16.6 Å². The second kappa shape index (κ2) is 13.0. The summed E-state index contributed by atoms with van der Waals surface area (Å²) in [4.78, 5) is 52.8. The summed E-state index contributed by atoms with van der Waals surface area (Å²) < 4.78 is 22.6.